The van der Waals surface area contributed by atoms with E-state index in [1.165, 1.54) is 19.2 Å². The Morgan fingerprint density at radius 2 is 1.70 bits per heavy atom. The highest BCUT2D eigenvalue weighted by Gasteiger charge is 2.22. The molecule has 2 N–H and O–H groups in total. The lowest BCUT2D eigenvalue weighted by Crippen LogP contribution is -2.40. The Morgan fingerprint density at radius 1 is 0.970 bits per heavy atom. The number of carbonyl (C=O) groups is 3. The van der Waals surface area contributed by atoms with Crippen LogP contribution >= 0.6 is 0 Å². The molecule has 0 fully saturated rings. The van der Waals surface area contributed by atoms with Crippen LogP contribution in [0.2, 0.25) is 0 Å². The fraction of sp³-hybridized carbons (Fsp3) is 0.200. The van der Waals surface area contributed by atoms with Crippen molar-refractivity contribution in [2.45, 2.75) is 26.9 Å². The third kappa shape index (κ3) is 6.39. The number of hydrogen-bond donors (Lipinski definition) is 2. The molecule has 0 saturated heterocycles. The van der Waals surface area contributed by atoms with E-state index in [2.05, 4.69) is 15.6 Å². The zero-order valence-corrected chi connectivity index (χ0v) is 18.6. The predicted octanol–water partition coefficient (Wildman–Crippen LogP) is 3.79. The minimum atomic E-state index is -1.11. The second-order valence-corrected chi connectivity index (χ2v) is 7.37. The fourth-order valence-electron chi connectivity index (χ4n) is 3.04. The summed E-state index contributed by atoms with van der Waals surface area (Å²) < 4.78 is 11.0. The van der Waals surface area contributed by atoms with Crippen molar-refractivity contribution in [3.05, 3.63) is 83.7 Å². The number of nitrogens with one attached hydrogen (secondary N) is 2. The molecule has 170 valence electrons. The molecule has 1 atom stereocenters. The topological polar surface area (TPSA) is 107 Å². The normalized spacial score (nSPS) is 11.2. The number of amides is 2. The Labute approximate surface area is 191 Å². The molecular formula is C25H25N3O5. The maximum absolute atomic E-state index is 12.6. The lowest BCUT2D eigenvalue weighted by atomic mass is 10.1. The number of rotatable bonds is 8. The van der Waals surface area contributed by atoms with Crippen LogP contribution in [0, 0.1) is 13.8 Å². The van der Waals surface area contributed by atoms with Gasteiger partial charge in [-0.05, 0) is 56.2 Å². The monoisotopic (exact) mass is 447 g/mol. The molecule has 0 spiro atoms. The molecule has 0 bridgehead atoms. The van der Waals surface area contributed by atoms with Gasteiger partial charge >= 0.3 is 5.97 Å². The maximum atomic E-state index is 12.6. The summed E-state index contributed by atoms with van der Waals surface area (Å²) in [7, 11) is 0. The van der Waals surface area contributed by atoms with Gasteiger partial charge in [0.05, 0.1) is 12.7 Å². The number of esters is 1. The number of ether oxygens (including phenoxy) is 2. The van der Waals surface area contributed by atoms with E-state index in [4.69, 9.17) is 9.47 Å². The molecule has 3 aromatic rings. The van der Waals surface area contributed by atoms with E-state index in [1.807, 2.05) is 32.0 Å². The van der Waals surface area contributed by atoms with E-state index in [-0.39, 0.29) is 23.8 Å². The van der Waals surface area contributed by atoms with Gasteiger partial charge in [-0.3, -0.25) is 14.6 Å². The molecule has 1 aromatic heterocycles. The van der Waals surface area contributed by atoms with Crippen molar-refractivity contribution in [3.8, 4) is 11.5 Å². The number of hydrogen-bond acceptors (Lipinski definition) is 6. The summed E-state index contributed by atoms with van der Waals surface area (Å²) in [5, 5.41) is 5.27. The molecule has 33 heavy (non-hydrogen) atoms. The number of carbonyl (C=O) groups excluding carboxylic acids is 3. The average molecular weight is 447 g/mol. The highest BCUT2D eigenvalue weighted by Crippen LogP contribution is 2.25. The second kappa shape index (κ2) is 10.9. The zero-order valence-electron chi connectivity index (χ0n) is 18.6. The summed E-state index contributed by atoms with van der Waals surface area (Å²) in [6.07, 6.45) is 2.01. The van der Waals surface area contributed by atoms with Crippen LogP contribution in [0.3, 0.4) is 0 Å². The molecule has 1 heterocycles. The number of pyridine rings is 1. The molecule has 3 rings (SSSR count). The van der Waals surface area contributed by atoms with E-state index < -0.39 is 18.0 Å². The smallest absolute Gasteiger partial charge is 0.342 e. The van der Waals surface area contributed by atoms with Crippen molar-refractivity contribution < 1.29 is 23.9 Å². The van der Waals surface area contributed by atoms with Gasteiger partial charge < -0.3 is 20.1 Å². The third-order valence-corrected chi connectivity index (χ3v) is 4.79. The van der Waals surface area contributed by atoms with Gasteiger partial charge in [0.1, 0.15) is 17.1 Å². The van der Waals surface area contributed by atoms with Crippen LogP contribution in [0.15, 0.2) is 67.0 Å². The average Bonchev–Trinajstić information content (AvgIpc) is 2.81. The van der Waals surface area contributed by atoms with Crippen LogP contribution in [0.4, 0.5) is 5.69 Å². The Morgan fingerprint density at radius 3 is 2.39 bits per heavy atom. The molecule has 8 nitrogen and oxygen atoms in total. The molecule has 0 aliphatic rings. The number of nitrogens with zero attached hydrogens (tertiary/aromatic N) is 1. The van der Waals surface area contributed by atoms with Gasteiger partial charge in [0.2, 0.25) is 5.91 Å². The van der Waals surface area contributed by atoms with E-state index in [1.54, 1.807) is 36.5 Å². The van der Waals surface area contributed by atoms with Crippen molar-refractivity contribution in [2.24, 2.45) is 0 Å². The van der Waals surface area contributed by atoms with Gasteiger partial charge in [0, 0.05) is 11.9 Å². The Kier molecular flexibility index (Phi) is 7.75. The summed E-state index contributed by atoms with van der Waals surface area (Å²) >= 11 is 0. The molecule has 0 aliphatic heterocycles. The first-order valence-corrected chi connectivity index (χ1v) is 10.4. The summed E-state index contributed by atoms with van der Waals surface area (Å²) in [5.41, 5.74) is 2.71. The quantitative estimate of drug-likeness (QED) is 0.509. The van der Waals surface area contributed by atoms with Crippen LogP contribution in [0.1, 0.15) is 28.4 Å². The first-order valence-electron chi connectivity index (χ1n) is 10.4. The van der Waals surface area contributed by atoms with Gasteiger partial charge in [0.25, 0.3) is 5.91 Å². The van der Waals surface area contributed by atoms with Crippen molar-refractivity contribution in [3.63, 3.8) is 0 Å². The van der Waals surface area contributed by atoms with Gasteiger partial charge in [0.15, 0.2) is 6.10 Å². The molecular weight excluding hydrogens is 422 g/mol. The second-order valence-electron chi connectivity index (χ2n) is 7.37. The van der Waals surface area contributed by atoms with Crippen LogP contribution in [0.5, 0.6) is 11.5 Å². The van der Waals surface area contributed by atoms with Gasteiger partial charge in [-0.1, -0.05) is 30.3 Å². The number of aryl methyl sites for hydroxylation is 2. The van der Waals surface area contributed by atoms with Gasteiger partial charge in [-0.15, -0.1) is 0 Å². The van der Waals surface area contributed by atoms with E-state index >= 15 is 0 Å². The Balaban J connectivity index is 1.55. The zero-order chi connectivity index (χ0) is 23.8. The molecule has 2 amide bonds. The van der Waals surface area contributed by atoms with E-state index in [0.29, 0.717) is 11.4 Å². The third-order valence-electron chi connectivity index (χ3n) is 4.79. The Hall–Kier alpha value is -4.20. The van der Waals surface area contributed by atoms with Crippen LogP contribution in [0.25, 0.3) is 0 Å². The number of aromatic nitrogens is 1. The van der Waals surface area contributed by atoms with Crippen molar-refractivity contribution in [1.82, 2.24) is 10.3 Å². The molecule has 2 aromatic carbocycles. The first kappa shape index (κ1) is 23.5. The molecule has 8 heteroatoms. The Bertz CT molecular complexity index is 1130. The van der Waals surface area contributed by atoms with Crippen molar-refractivity contribution in [1.29, 1.82) is 0 Å². The molecule has 0 aliphatic carbocycles. The van der Waals surface area contributed by atoms with Gasteiger partial charge in [-0.25, -0.2) is 4.79 Å². The predicted molar refractivity (Wildman–Crippen MR) is 123 cm³/mol. The number of anilines is 1. The van der Waals surface area contributed by atoms with Crippen LogP contribution in [-0.2, 0) is 14.3 Å². The summed E-state index contributed by atoms with van der Waals surface area (Å²) in [6.45, 7) is 4.95. The summed E-state index contributed by atoms with van der Waals surface area (Å²) in [6, 6.07) is 15.6. The lowest BCUT2D eigenvalue weighted by molar-refractivity contribution is -0.130. The van der Waals surface area contributed by atoms with Crippen molar-refractivity contribution >= 4 is 23.5 Å². The van der Waals surface area contributed by atoms with Crippen molar-refractivity contribution in [2.75, 3.05) is 11.9 Å². The minimum Gasteiger partial charge on any atom is -0.455 e. The maximum Gasteiger partial charge on any atom is 0.342 e. The van der Waals surface area contributed by atoms with Gasteiger partial charge in [-0.2, -0.15) is 0 Å². The first-order chi connectivity index (χ1) is 15.8. The highest BCUT2D eigenvalue weighted by atomic mass is 16.5. The fourth-order valence-corrected chi connectivity index (χ4v) is 3.04. The van der Waals surface area contributed by atoms with E-state index in [0.717, 1.165) is 11.1 Å². The molecule has 0 saturated carbocycles. The number of benzene rings is 2. The lowest BCUT2D eigenvalue weighted by Gasteiger charge is -2.16. The molecule has 0 radical (unpaired) electrons. The summed E-state index contributed by atoms with van der Waals surface area (Å²) in [4.78, 5) is 41.2. The largest absolute Gasteiger partial charge is 0.455 e. The van der Waals surface area contributed by atoms with Crippen LogP contribution in [-0.4, -0.2) is 35.4 Å². The highest BCUT2D eigenvalue weighted by molar-refractivity contribution is 5.97. The van der Waals surface area contributed by atoms with E-state index in [9.17, 15) is 14.4 Å². The summed E-state index contributed by atoms with van der Waals surface area (Å²) in [5.74, 6) is -0.966. The standard InChI is InChI=1S/C25H25N3O5/c1-16-8-6-9-17(2)23(16)28-22(29)15-27-24(30)18(3)32-25(31)20-11-4-5-12-21(20)33-19-10-7-13-26-14-19/h4-14,18H,15H2,1-3H3,(H,27,30)(H,28,29). The minimum absolute atomic E-state index is 0.161. The molecule has 1 unspecified atom stereocenters. The number of para-hydroxylation sites is 2. The SMILES string of the molecule is Cc1cccc(C)c1NC(=O)CNC(=O)C(C)OC(=O)c1ccccc1Oc1cccnc1. The van der Waals surface area contributed by atoms with Crippen LogP contribution < -0.4 is 15.4 Å².